The van der Waals surface area contributed by atoms with Crippen molar-refractivity contribution >= 4 is 5.82 Å². The van der Waals surface area contributed by atoms with Crippen LogP contribution in [-0.2, 0) is 19.4 Å². The maximum absolute atomic E-state index is 14.2. The minimum atomic E-state index is -0.798. The lowest BCUT2D eigenvalue weighted by Gasteiger charge is -2.30. The summed E-state index contributed by atoms with van der Waals surface area (Å²) >= 11 is 0. The predicted octanol–water partition coefficient (Wildman–Crippen LogP) is 3.01. The summed E-state index contributed by atoms with van der Waals surface area (Å²) in [5, 5.41) is 3.95. The molecule has 1 fully saturated rings. The maximum Gasteiger partial charge on any atom is 0.150 e. The summed E-state index contributed by atoms with van der Waals surface area (Å²) in [6, 6.07) is 2.06. The summed E-state index contributed by atoms with van der Waals surface area (Å²) in [6.45, 7) is 5.65. The number of anilines is 1. The van der Waals surface area contributed by atoms with E-state index in [1.54, 1.807) is 0 Å². The summed E-state index contributed by atoms with van der Waals surface area (Å²) in [5.74, 6) is 2.64. The summed E-state index contributed by atoms with van der Waals surface area (Å²) in [5.41, 5.74) is 3.33. The molecule has 0 radical (unpaired) electrons. The quantitative estimate of drug-likeness (QED) is 0.803. The molecule has 0 spiro atoms. The molecule has 0 amide bonds. The molecule has 1 aliphatic heterocycles. The van der Waals surface area contributed by atoms with Crippen LogP contribution in [0.25, 0.3) is 0 Å². The lowest BCUT2D eigenvalue weighted by Crippen LogP contribution is -2.39. The van der Waals surface area contributed by atoms with E-state index < -0.39 is 6.17 Å². The van der Waals surface area contributed by atoms with Crippen LogP contribution in [0.5, 0.6) is 0 Å². The number of hydrogen-bond donors (Lipinski definition) is 0. The number of halogens is 1. The number of likely N-dealkylation sites (tertiary alicyclic amines) is 1. The first-order chi connectivity index (χ1) is 13.0. The molecule has 2 atom stereocenters. The van der Waals surface area contributed by atoms with Crippen molar-refractivity contribution in [3.8, 4) is 0 Å². The zero-order chi connectivity index (χ0) is 19.0. The Hall–Kier alpha value is -2.02. The third kappa shape index (κ3) is 3.98. The third-order valence-corrected chi connectivity index (χ3v) is 5.63. The molecule has 1 saturated heterocycles. The predicted molar refractivity (Wildman–Crippen MR) is 102 cm³/mol. The van der Waals surface area contributed by atoms with Crippen LogP contribution in [-0.4, -0.2) is 52.4 Å². The van der Waals surface area contributed by atoms with Crippen LogP contribution in [0.4, 0.5) is 10.2 Å². The van der Waals surface area contributed by atoms with Crippen molar-refractivity contribution in [2.24, 2.45) is 0 Å². The first-order valence-electron chi connectivity index (χ1n) is 9.87. The molecule has 0 bridgehead atoms. The highest BCUT2D eigenvalue weighted by molar-refractivity contribution is 5.50. The smallest absolute Gasteiger partial charge is 0.150 e. The lowest BCUT2D eigenvalue weighted by atomic mass is 9.96. The molecular formula is C20H28FN5O. The molecule has 7 heteroatoms. The number of rotatable bonds is 5. The number of nitrogens with zero attached hydrogens (tertiary/aromatic N) is 5. The maximum atomic E-state index is 14.2. The van der Waals surface area contributed by atoms with Crippen molar-refractivity contribution in [3.05, 3.63) is 34.6 Å². The van der Waals surface area contributed by atoms with E-state index in [9.17, 15) is 4.39 Å². The molecule has 4 rings (SSSR count). The van der Waals surface area contributed by atoms with Crippen molar-refractivity contribution in [1.29, 1.82) is 0 Å². The van der Waals surface area contributed by atoms with Crippen molar-refractivity contribution in [3.63, 3.8) is 0 Å². The number of alkyl halides is 1. The molecule has 3 heterocycles. The van der Waals surface area contributed by atoms with E-state index in [0.29, 0.717) is 19.5 Å². The lowest BCUT2D eigenvalue weighted by molar-refractivity contribution is 0.209. The van der Waals surface area contributed by atoms with Crippen LogP contribution in [0.15, 0.2) is 10.6 Å². The van der Waals surface area contributed by atoms with E-state index in [1.165, 1.54) is 24.1 Å². The van der Waals surface area contributed by atoms with E-state index in [0.717, 1.165) is 42.5 Å². The van der Waals surface area contributed by atoms with Gasteiger partial charge in [0, 0.05) is 43.5 Å². The van der Waals surface area contributed by atoms with Crippen LogP contribution in [0.1, 0.15) is 47.8 Å². The summed E-state index contributed by atoms with van der Waals surface area (Å²) in [4.78, 5) is 13.7. The van der Waals surface area contributed by atoms with Gasteiger partial charge in [-0.15, -0.1) is 0 Å². The van der Waals surface area contributed by atoms with Gasteiger partial charge in [-0.2, -0.15) is 0 Å². The van der Waals surface area contributed by atoms with Crippen LogP contribution >= 0.6 is 0 Å². The fraction of sp³-hybridized carbons (Fsp3) is 0.650. The minimum absolute atomic E-state index is 0.130. The molecule has 146 valence electrons. The van der Waals surface area contributed by atoms with Crippen LogP contribution < -0.4 is 4.90 Å². The summed E-state index contributed by atoms with van der Waals surface area (Å²) in [7, 11) is 2.07. The second kappa shape index (κ2) is 7.54. The number of likely N-dealkylation sites (N-methyl/N-ethyl adjacent to an activating group) is 1. The average Bonchev–Trinajstić information content (AvgIpc) is 3.19. The fourth-order valence-electron chi connectivity index (χ4n) is 4.41. The molecule has 0 saturated carbocycles. The Labute approximate surface area is 159 Å². The summed E-state index contributed by atoms with van der Waals surface area (Å²) < 4.78 is 19.5. The Bertz CT molecular complexity index is 808. The molecular weight excluding hydrogens is 345 g/mol. The highest BCUT2D eigenvalue weighted by Gasteiger charge is 2.34. The molecule has 27 heavy (non-hydrogen) atoms. The van der Waals surface area contributed by atoms with Gasteiger partial charge in [0.25, 0.3) is 0 Å². The van der Waals surface area contributed by atoms with Gasteiger partial charge in [-0.1, -0.05) is 5.16 Å². The zero-order valence-corrected chi connectivity index (χ0v) is 16.4. The van der Waals surface area contributed by atoms with E-state index in [4.69, 9.17) is 9.51 Å². The molecule has 2 aromatic rings. The largest absolute Gasteiger partial charge is 0.360 e. The van der Waals surface area contributed by atoms with Gasteiger partial charge in [0.15, 0.2) is 5.76 Å². The Morgan fingerprint density at radius 3 is 2.85 bits per heavy atom. The van der Waals surface area contributed by atoms with Crippen molar-refractivity contribution in [1.82, 2.24) is 20.0 Å². The Morgan fingerprint density at radius 1 is 1.26 bits per heavy atom. The number of hydrogen-bond acceptors (Lipinski definition) is 6. The van der Waals surface area contributed by atoms with Gasteiger partial charge in [-0.3, -0.25) is 4.90 Å². The third-order valence-electron chi connectivity index (χ3n) is 5.63. The van der Waals surface area contributed by atoms with E-state index in [2.05, 4.69) is 27.0 Å². The van der Waals surface area contributed by atoms with E-state index >= 15 is 0 Å². The number of aromatic nitrogens is 3. The zero-order valence-electron chi connectivity index (χ0n) is 16.4. The second-order valence-electron chi connectivity index (χ2n) is 7.96. The Balaban J connectivity index is 1.51. The van der Waals surface area contributed by atoms with Crippen molar-refractivity contribution in [2.75, 3.05) is 25.0 Å². The monoisotopic (exact) mass is 373 g/mol. The molecule has 0 unspecified atom stereocenters. The number of fused-ring (bicyclic) bond motifs is 1. The molecule has 2 aliphatic rings. The minimum Gasteiger partial charge on any atom is -0.360 e. The highest BCUT2D eigenvalue weighted by atomic mass is 19.1. The molecule has 2 aromatic heterocycles. The van der Waals surface area contributed by atoms with Crippen molar-refractivity contribution < 1.29 is 8.91 Å². The van der Waals surface area contributed by atoms with Gasteiger partial charge >= 0.3 is 0 Å². The average molecular weight is 373 g/mol. The molecule has 1 aliphatic carbocycles. The SMILES string of the molecule is Cc1cc(CN2C[C@@H](F)C[C@H]2CN(C)c2nc(C)nc3c2CCCC3)on1. The van der Waals surface area contributed by atoms with Crippen molar-refractivity contribution in [2.45, 2.75) is 64.7 Å². The topological polar surface area (TPSA) is 58.3 Å². The van der Waals surface area contributed by atoms with E-state index in [1.807, 2.05) is 19.9 Å². The molecule has 6 nitrogen and oxygen atoms in total. The van der Waals surface area contributed by atoms with Crippen LogP contribution in [0, 0.1) is 13.8 Å². The standard InChI is InChI=1S/C20H28FN5O/c1-13-8-17(27-24-13)12-26-10-15(21)9-16(26)11-25(3)20-18-6-4-5-7-19(18)22-14(2)23-20/h8,15-16H,4-7,9-12H2,1-3H3/t15-,16-/m0/s1. The van der Waals surface area contributed by atoms with Gasteiger partial charge in [0.05, 0.1) is 12.2 Å². The number of aryl methyl sites for hydroxylation is 3. The van der Waals surface area contributed by atoms with Crippen LogP contribution in [0.2, 0.25) is 0 Å². The normalized spacial score (nSPS) is 22.8. The first kappa shape index (κ1) is 18.3. The molecule has 0 N–H and O–H groups in total. The summed E-state index contributed by atoms with van der Waals surface area (Å²) in [6.07, 6.45) is 4.20. The first-order valence-corrected chi connectivity index (χ1v) is 9.87. The van der Waals surface area contributed by atoms with Gasteiger partial charge < -0.3 is 9.42 Å². The Kier molecular flexibility index (Phi) is 5.12. The van der Waals surface area contributed by atoms with Crippen LogP contribution in [0.3, 0.4) is 0 Å². The molecule has 0 aromatic carbocycles. The fourth-order valence-corrected chi connectivity index (χ4v) is 4.41. The Morgan fingerprint density at radius 2 is 2.07 bits per heavy atom. The van der Waals surface area contributed by atoms with Gasteiger partial charge in [-0.25, -0.2) is 14.4 Å². The second-order valence-corrected chi connectivity index (χ2v) is 7.96. The van der Waals surface area contributed by atoms with Gasteiger partial charge in [0.1, 0.15) is 17.8 Å². The van der Waals surface area contributed by atoms with Gasteiger partial charge in [0.2, 0.25) is 0 Å². The van der Waals surface area contributed by atoms with E-state index in [-0.39, 0.29) is 6.04 Å². The highest BCUT2D eigenvalue weighted by Crippen LogP contribution is 2.29. The van der Waals surface area contributed by atoms with Gasteiger partial charge in [-0.05, 0) is 46.0 Å².